The highest BCUT2D eigenvalue weighted by atomic mass is 32.1. The van der Waals surface area contributed by atoms with Gasteiger partial charge in [0.25, 0.3) is 5.91 Å². The number of rotatable bonds is 8. The van der Waals surface area contributed by atoms with Crippen molar-refractivity contribution in [2.45, 2.75) is 19.8 Å². The van der Waals surface area contributed by atoms with Gasteiger partial charge >= 0.3 is 0 Å². The third kappa shape index (κ3) is 6.00. The highest BCUT2D eigenvalue weighted by Gasteiger charge is 2.12. The predicted octanol–water partition coefficient (Wildman–Crippen LogP) is 5.21. The molecule has 0 fully saturated rings. The van der Waals surface area contributed by atoms with Gasteiger partial charge in [-0.15, -0.1) is 11.3 Å². The molecule has 1 aromatic heterocycles. The molecule has 0 aliphatic rings. The van der Waals surface area contributed by atoms with Crippen LogP contribution in [0, 0.1) is 17.1 Å². The van der Waals surface area contributed by atoms with Crippen molar-refractivity contribution in [2.75, 3.05) is 11.9 Å². The largest absolute Gasteiger partial charge is 0.494 e. The average Bonchev–Trinajstić information content (AvgIpc) is 3.19. The van der Waals surface area contributed by atoms with Crippen LogP contribution in [0.15, 0.2) is 60.3 Å². The van der Waals surface area contributed by atoms with Crippen LogP contribution in [0.25, 0.3) is 6.08 Å². The number of ether oxygens (including phenoxy) is 1. The molecule has 7 heteroatoms. The van der Waals surface area contributed by atoms with Gasteiger partial charge in [-0.2, -0.15) is 5.26 Å². The fourth-order valence-electron chi connectivity index (χ4n) is 2.61. The van der Waals surface area contributed by atoms with E-state index in [1.807, 2.05) is 13.0 Å². The number of nitrogens with one attached hydrogen (secondary N) is 1. The molecule has 0 unspecified atom stereocenters. The van der Waals surface area contributed by atoms with E-state index < -0.39 is 5.91 Å². The van der Waals surface area contributed by atoms with Crippen LogP contribution in [0.2, 0.25) is 0 Å². The molecule has 0 saturated carbocycles. The summed E-state index contributed by atoms with van der Waals surface area (Å²) in [7, 11) is 0. The van der Waals surface area contributed by atoms with Gasteiger partial charge in [0, 0.05) is 17.5 Å². The van der Waals surface area contributed by atoms with E-state index in [1.165, 1.54) is 29.5 Å². The third-order valence-electron chi connectivity index (χ3n) is 4.09. The Kier molecular flexibility index (Phi) is 7.30. The van der Waals surface area contributed by atoms with Crippen molar-refractivity contribution in [1.29, 1.82) is 5.26 Å². The molecule has 1 amide bonds. The second kappa shape index (κ2) is 10.3. The van der Waals surface area contributed by atoms with Gasteiger partial charge in [0.2, 0.25) is 0 Å². The minimum absolute atomic E-state index is 0.0208. The standard InChI is InChI=1S/C23H20FN3O2S/c1-2-11-29-20-9-5-16(6-10-20)12-18(14-25)22(28)27-23-26-15-21(30-23)13-17-3-7-19(24)8-4-17/h3-10,12,15H,2,11,13H2,1H3,(H,26,27,28). The zero-order chi connectivity index (χ0) is 21.3. The quantitative estimate of drug-likeness (QED) is 0.400. The molecular formula is C23H20FN3O2S. The molecule has 0 radical (unpaired) electrons. The fraction of sp³-hybridized carbons (Fsp3) is 0.174. The molecule has 2 aromatic carbocycles. The van der Waals surface area contributed by atoms with Crippen LogP contribution in [0.5, 0.6) is 5.75 Å². The van der Waals surface area contributed by atoms with Crippen molar-refractivity contribution in [3.05, 3.63) is 82.1 Å². The summed E-state index contributed by atoms with van der Waals surface area (Å²) in [6, 6.07) is 15.4. The summed E-state index contributed by atoms with van der Waals surface area (Å²) in [5.74, 6) is -0.0603. The summed E-state index contributed by atoms with van der Waals surface area (Å²) in [4.78, 5) is 17.6. The zero-order valence-electron chi connectivity index (χ0n) is 16.4. The van der Waals surface area contributed by atoms with Crippen molar-refractivity contribution < 1.29 is 13.9 Å². The van der Waals surface area contributed by atoms with Gasteiger partial charge in [0.15, 0.2) is 5.13 Å². The molecule has 0 spiro atoms. The maximum Gasteiger partial charge on any atom is 0.268 e. The van der Waals surface area contributed by atoms with Crippen molar-refractivity contribution in [3.8, 4) is 11.8 Å². The van der Waals surface area contributed by atoms with Crippen LogP contribution in [-0.4, -0.2) is 17.5 Å². The van der Waals surface area contributed by atoms with E-state index >= 15 is 0 Å². The van der Waals surface area contributed by atoms with Crippen molar-refractivity contribution in [3.63, 3.8) is 0 Å². The fourth-order valence-corrected chi connectivity index (χ4v) is 3.45. The maximum absolute atomic E-state index is 13.0. The highest BCUT2D eigenvalue weighted by molar-refractivity contribution is 7.15. The number of anilines is 1. The molecule has 30 heavy (non-hydrogen) atoms. The Morgan fingerprint density at radius 2 is 1.97 bits per heavy atom. The van der Waals surface area contributed by atoms with E-state index in [0.717, 1.165) is 28.2 Å². The van der Waals surface area contributed by atoms with Crippen LogP contribution in [0.4, 0.5) is 9.52 Å². The molecule has 1 N–H and O–H groups in total. The Balaban J connectivity index is 1.63. The highest BCUT2D eigenvalue weighted by Crippen LogP contribution is 2.22. The number of hydrogen-bond donors (Lipinski definition) is 1. The lowest BCUT2D eigenvalue weighted by atomic mass is 10.1. The van der Waals surface area contributed by atoms with Crippen LogP contribution in [0.1, 0.15) is 29.3 Å². The lowest BCUT2D eigenvalue weighted by Gasteiger charge is -2.04. The topological polar surface area (TPSA) is 75.0 Å². The number of benzene rings is 2. The van der Waals surface area contributed by atoms with E-state index in [4.69, 9.17) is 4.74 Å². The molecule has 0 saturated heterocycles. The average molecular weight is 421 g/mol. The number of carbonyl (C=O) groups is 1. The summed E-state index contributed by atoms with van der Waals surface area (Å²) in [6.07, 6.45) is 4.68. The number of nitrogens with zero attached hydrogens (tertiary/aromatic N) is 2. The Hall–Kier alpha value is -3.50. The SMILES string of the molecule is CCCOc1ccc(C=C(C#N)C(=O)Nc2ncc(Cc3ccc(F)cc3)s2)cc1. The number of nitriles is 1. The van der Waals surface area contributed by atoms with Crippen LogP contribution >= 0.6 is 11.3 Å². The maximum atomic E-state index is 13.0. The van der Waals surface area contributed by atoms with Gasteiger partial charge in [0.1, 0.15) is 23.2 Å². The first kappa shape index (κ1) is 21.2. The molecule has 3 aromatic rings. The molecular weight excluding hydrogens is 401 g/mol. The minimum atomic E-state index is -0.522. The van der Waals surface area contributed by atoms with Gasteiger partial charge in [-0.05, 0) is 47.9 Å². The minimum Gasteiger partial charge on any atom is -0.494 e. The van der Waals surface area contributed by atoms with Gasteiger partial charge in [0.05, 0.1) is 6.61 Å². The zero-order valence-corrected chi connectivity index (χ0v) is 17.2. The molecule has 1 heterocycles. The predicted molar refractivity (Wildman–Crippen MR) is 116 cm³/mol. The first-order valence-electron chi connectivity index (χ1n) is 9.42. The molecule has 0 aliphatic carbocycles. The summed E-state index contributed by atoms with van der Waals surface area (Å²) >= 11 is 1.31. The number of carbonyl (C=O) groups excluding carboxylic acids is 1. The van der Waals surface area contributed by atoms with Gasteiger partial charge in [-0.3, -0.25) is 10.1 Å². The molecule has 3 rings (SSSR count). The van der Waals surface area contributed by atoms with E-state index in [9.17, 15) is 14.4 Å². The summed E-state index contributed by atoms with van der Waals surface area (Å²) in [6.45, 7) is 2.67. The lowest BCUT2D eigenvalue weighted by molar-refractivity contribution is -0.112. The van der Waals surface area contributed by atoms with Crippen molar-refractivity contribution in [1.82, 2.24) is 4.98 Å². The molecule has 0 aliphatic heterocycles. The van der Waals surface area contributed by atoms with E-state index in [-0.39, 0.29) is 11.4 Å². The van der Waals surface area contributed by atoms with Crippen LogP contribution < -0.4 is 10.1 Å². The van der Waals surface area contributed by atoms with Gasteiger partial charge in [-0.1, -0.05) is 31.2 Å². The lowest BCUT2D eigenvalue weighted by Crippen LogP contribution is -2.13. The second-order valence-corrected chi connectivity index (χ2v) is 7.59. The number of amides is 1. The smallest absolute Gasteiger partial charge is 0.268 e. The van der Waals surface area contributed by atoms with Gasteiger partial charge < -0.3 is 4.74 Å². The summed E-state index contributed by atoms with van der Waals surface area (Å²) < 4.78 is 18.5. The van der Waals surface area contributed by atoms with Crippen LogP contribution in [-0.2, 0) is 11.2 Å². The Labute approximate surface area is 178 Å². The molecule has 0 atom stereocenters. The number of aromatic nitrogens is 1. The Morgan fingerprint density at radius 1 is 1.23 bits per heavy atom. The van der Waals surface area contributed by atoms with Crippen molar-refractivity contribution >= 4 is 28.5 Å². The third-order valence-corrected chi connectivity index (χ3v) is 5.01. The first-order valence-corrected chi connectivity index (χ1v) is 10.2. The number of halogens is 1. The monoisotopic (exact) mass is 421 g/mol. The second-order valence-electron chi connectivity index (χ2n) is 6.48. The van der Waals surface area contributed by atoms with Gasteiger partial charge in [-0.25, -0.2) is 9.37 Å². The summed E-state index contributed by atoms with van der Waals surface area (Å²) in [5, 5.41) is 12.4. The van der Waals surface area contributed by atoms with E-state index in [0.29, 0.717) is 18.2 Å². The van der Waals surface area contributed by atoms with Crippen molar-refractivity contribution in [2.24, 2.45) is 0 Å². The van der Waals surface area contributed by atoms with E-state index in [2.05, 4.69) is 10.3 Å². The number of hydrogen-bond acceptors (Lipinski definition) is 5. The Bertz CT molecular complexity index is 1070. The van der Waals surface area contributed by atoms with Crippen LogP contribution in [0.3, 0.4) is 0 Å². The molecule has 5 nitrogen and oxygen atoms in total. The normalized spacial score (nSPS) is 11.0. The number of thiazole rings is 1. The van der Waals surface area contributed by atoms with E-state index in [1.54, 1.807) is 42.6 Å². The summed E-state index contributed by atoms with van der Waals surface area (Å²) in [5.41, 5.74) is 1.65. The first-order chi connectivity index (χ1) is 14.6. The molecule has 152 valence electrons. The molecule has 0 bridgehead atoms. The Morgan fingerprint density at radius 3 is 2.63 bits per heavy atom.